The molecule has 1 aromatic carbocycles. The van der Waals surface area contributed by atoms with E-state index >= 15 is 0 Å². The molecule has 200 valence electrons. The standard InChI is InChI=1S/C25H33N5O7/c1-13(2)21(23(34)28-18(25(36)37)11-20(31)32)29-22(33)19-8-5-9-30(19)24(35)16(26)10-14-12-27-17-7-4-3-6-15(14)17/h3-4,6-7,12-13,16,18-19,21,27H,5,8-11,26H2,1-2H3,(H,28,34)(H,29,33)(H,31,32)(H,36,37). The highest BCUT2D eigenvalue weighted by Gasteiger charge is 2.38. The largest absolute Gasteiger partial charge is 0.481 e. The van der Waals surface area contributed by atoms with Gasteiger partial charge >= 0.3 is 11.9 Å². The smallest absolute Gasteiger partial charge is 0.326 e. The van der Waals surface area contributed by atoms with Crippen LogP contribution in [0.15, 0.2) is 30.5 Å². The number of H-pyrrole nitrogens is 1. The molecule has 2 aromatic rings. The monoisotopic (exact) mass is 515 g/mol. The van der Waals surface area contributed by atoms with Gasteiger partial charge in [-0.3, -0.25) is 19.2 Å². The fraction of sp³-hybridized carbons (Fsp3) is 0.480. The first-order valence-corrected chi connectivity index (χ1v) is 12.2. The van der Waals surface area contributed by atoms with Crippen molar-refractivity contribution in [2.45, 2.75) is 63.7 Å². The number of aromatic nitrogens is 1. The number of nitrogens with zero attached hydrogens (tertiary/aromatic N) is 1. The summed E-state index contributed by atoms with van der Waals surface area (Å²) in [7, 11) is 0. The van der Waals surface area contributed by atoms with E-state index in [0.29, 0.717) is 19.4 Å². The lowest BCUT2D eigenvalue weighted by molar-refractivity contribution is -0.147. The summed E-state index contributed by atoms with van der Waals surface area (Å²) in [5.41, 5.74) is 8.08. The average molecular weight is 516 g/mol. The molecule has 1 aliphatic rings. The number of carbonyl (C=O) groups excluding carboxylic acids is 3. The van der Waals surface area contributed by atoms with E-state index in [9.17, 15) is 29.1 Å². The molecule has 4 unspecified atom stereocenters. The summed E-state index contributed by atoms with van der Waals surface area (Å²) in [6, 6.07) is 3.20. The van der Waals surface area contributed by atoms with Crippen LogP contribution in [0.25, 0.3) is 10.9 Å². The third kappa shape index (κ3) is 6.64. The number of hydrogen-bond donors (Lipinski definition) is 6. The van der Waals surface area contributed by atoms with Gasteiger partial charge in [0.05, 0.1) is 12.5 Å². The summed E-state index contributed by atoms with van der Waals surface area (Å²) in [6.45, 7) is 3.66. The quantitative estimate of drug-likeness (QED) is 0.244. The van der Waals surface area contributed by atoms with Gasteiger partial charge in [-0.2, -0.15) is 0 Å². The average Bonchev–Trinajstić information content (AvgIpc) is 3.48. The summed E-state index contributed by atoms with van der Waals surface area (Å²) in [6.07, 6.45) is 2.26. The van der Waals surface area contributed by atoms with E-state index < -0.39 is 60.3 Å². The number of likely N-dealkylation sites (tertiary alicyclic amines) is 1. The summed E-state index contributed by atoms with van der Waals surface area (Å²) in [5, 5.41) is 23.9. The van der Waals surface area contributed by atoms with E-state index in [1.807, 2.05) is 30.5 Å². The molecule has 1 aliphatic heterocycles. The van der Waals surface area contributed by atoms with Gasteiger partial charge in [-0.1, -0.05) is 32.0 Å². The van der Waals surface area contributed by atoms with Gasteiger partial charge in [0, 0.05) is 23.6 Å². The minimum Gasteiger partial charge on any atom is -0.481 e. The first kappa shape index (κ1) is 27.7. The second kappa shape index (κ2) is 11.9. The summed E-state index contributed by atoms with van der Waals surface area (Å²) < 4.78 is 0. The van der Waals surface area contributed by atoms with Crippen LogP contribution in [0.5, 0.6) is 0 Å². The van der Waals surface area contributed by atoms with Crippen LogP contribution in [0, 0.1) is 5.92 Å². The van der Waals surface area contributed by atoms with Gasteiger partial charge in [-0.15, -0.1) is 0 Å². The number of amides is 3. The Labute approximate surface area is 213 Å². The lowest BCUT2D eigenvalue weighted by Crippen LogP contribution is -2.58. The lowest BCUT2D eigenvalue weighted by atomic mass is 10.0. The van der Waals surface area contributed by atoms with Gasteiger partial charge in [-0.25, -0.2) is 4.79 Å². The molecule has 3 rings (SSSR count). The Morgan fingerprint density at radius 3 is 2.49 bits per heavy atom. The van der Waals surface area contributed by atoms with E-state index in [4.69, 9.17) is 10.8 Å². The van der Waals surface area contributed by atoms with E-state index in [1.165, 1.54) is 4.90 Å². The Hall–Kier alpha value is -3.93. The van der Waals surface area contributed by atoms with Crippen molar-refractivity contribution >= 4 is 40.6 Å². The van der Waals surface area contributed by atoms with Crippen molar-refractivity contribution in [2.24, 2.45) is 11.7 Å². The normalized spacial score (nSPS) is 17.8. The number of para-hydroxylation sites is 1. The van der Waals surface area contributed by atoms with E-state index in [-0.39, 0.29) is 12.3 Å². The number of nitrogens with two attached hydrogens (primary N) is 1. The molecule has 1 aromatic heterocycles. The zero-order valence-corrected chi connectivity index (χ0v) is 20.8. The van der Waals surface area contributed by atoms with Crippen LogP contribution < -0.4 is 16.4 Å². The van der Waals surface area contributed by atoms with E-state index in [1.54, 1.807) is 13.8 Å². The van der Waals surface area contributed by atoms with E-state index in [2.05, 4.69) is 15.6 Å². The number of carbonyl (C=O) groups is 5. The number of aliphatic carboxylic acids is 2. The van der Waals surface area contributed by atoms with Gasteiger partial charge < -0.3 is 36.5 Å². The number of aromatic amines is 1. The van der Waals surface area contributed by atoms with Crippen LogP contribution in [-0.2, 0) is 30.4 Å². The molecule has 12 nitrogen and oxygen atoms in total. The predicted octanol–water partition coefficient (Wildman–Crippen LogP) is 0.214. The number of fused-ring (bicyclic) bond motifs is 1. The first-order chi connectivity index (χ1) is 17.5. The van der Waals surface area contributed by atoms with Gasteiger partial charge in [-0.05, 0) is 36.8 Å². The summed E-state index contributed by atoms with van der Waals surface area (Å²) in [5.74, 6) is -5.06. The van der Waals surface area contributed by atoms with Crippen molar-refractivity contribution in [1.82, 2.24) is 20.5 Å². The highest BCUT2D eigenvalue weighted by Crippen LogP contribution is 2.22. The minimum atomic E-state index is -1.64. The SMILES string of the molecule is CC(C)C(NC(=O)C1CCCN1C(=O)C(N)Cc1c[nH]c2ccccc12)C(=O)NC(CC(=O)O)C(=O)O. The van der Waals surface area contributed by atoms with Crippen LogP contribution in [0.3, 0.4) is 0 Å². The number of rotatable bonds is 11. The molecule has 2 heterocycles. The van der Waals surface area contributed by atoms with Gasteiger partial charge in [0.1, 0.15) is 18.1 Å². The zero-order chi connectivity index (χ0) is 27.3. The van der Waals surface area contributed by atoms with Crippen LogP contribution in [0.2, 0.25) is 0 Å². The van der Waals surface area contributed by atoms with Crippen molar-refractivity contribution in [3.8, 4) is 0 Å². The van der Waals surface area contributed by atoms with Crippen molar-refractivity contribution in [3.05, 3.63) is 36.0 Å². The zero-order valence-electron chi connectivity index (χ0n) is 20.8. The molecule has 12 heteroatoms. The number of hydrogen-bond acceptors (Lipinski definition) is 6. The van der Waals surface area contributed by atoms with Gasteiger partial charge in [0.2, 0.25) is 17.7 Å². The Bertz CT molecular complexity index is 1180. The van der Waals surface area contributed by atoms with Crippen molar-refractivity contribution in [2.75, 3.05) is 6.54 Å². The number of nitrogens with one attached hydrogen (secondary N) is 3. The maximum Gasteiger partial charge on any atom is 0.326 e. The highest BCUT2D eigenvalue weighted by molar-refractivity contribution is 5.95. The summed E-state index contributed by atoms with van der Waals surface area (Å²) >= 11 is 0. The molecule has 1 saturated heterocycles. The topological polar surface area (TPSA) is 195 Å². The van der Waals surface area contributed by atoms with Gasteiger partial charge in [0.15, 0.2) is 0 Å². The molecule has 0 spiro atoms. The highest BCUT2D eigenvalue weighted by atomic mass is 16.4. The maximum absolute atomic E-state index is 13.2. The minimum absolute atomic E-state index is 0.283. The molecule has 0 radical (unpaired) electrons. The molecular formula is C25H33N5O7. The fourth-order valence-electron chi connectivity index (χ4n) is 4.56. The Morgan fingerprint density at radius 2 is 1.84 bits per heavy atom. The van der Waals surface area contributed by atoms with Crippen molar-refractivity contribution in [3.63, 3.8) is 0 Å². The third-order valence-corrected chi connectivity index (χ3v) is 6.51. The third-order valence-electron chi connectivity index (χ3n) is 6.51. The van der Waals surface area contributed by atoms with Crippen LogP contribution in [0.4, 0.5) is 0 Å². The Morgan fingerprint density at radius 1 is 1.14 bits per heavy atom. The van der Waals surface area contributed by atoms with Crippen LogP contribution >= 0.6 is 0 Å². The number of benzene rings is 1. The van der Waals surface area contributed by atoms with Crippen LogP contribution in [0.1, 0.15) is 38.7 Å². The van der Waals surface area contributed by atoms with Crippen molar-refractivity contribution in [1.29, 1.82) is 0 Å². The Kier molecular flexibility index (Phi) is 8.87. The number of carboxylic acid groups (broad SMARTS) is 2. The maximum atomic E-state index is 13.2. The lowest BCUT2D eigenvalue weighted by Gasteiger charge is -2.29. The molecule has 0 aliphatic carbocycles. The predicted molar refractivity (Wildman–Crippen MR) is 133 cm³/mol. The van der Waals surface area contributed by atoms with Gasteiger partial charge in [0.25, 0.3) is 0 Å². The molecule has 0 bridgehead atoms. The second-order valence-electron chi connectivity index (χ2n) is 9.59. The van der Waals surface area contributed by atoms with Crippen molar-refractivity contribution < 1.29 is 34.2 Å². The molecule has 1 fully saturated rings. The fourth-order valence-corrected chi connectivity index (χ4v) is 4.56. The molecule has 3 amide bonds. The Balaban J connectivity index is 1.67. The number of carboxylic acids is 2. The molecule has 4 atom stereocenters. The first-order valence-electron chi connectivity index (χ1n) is 12.2. The molecule has 7 N–H and O–H groups in total. The second-order valence-corrected chi connectivity index (χ2v) is 9.59. The van der Waals surface area contributed by atoms with Crippen LogP contribution in [-0.4, -0.2) is 80.5 Å². The van der Waals surface area contributed by atoms with E-state index in [0.717, 1.165) is 16.5 Å². The summed E-state index contributed by atoms with van der Waals surface area (Å²) in [4.78, 5) is 66.0. The molecule has 0 saturated carbocycles. The molecular weight excluding hydrogens is 482 g/mol. The molecule has 37 heavy (non-hydrogen) atoms.